The first kappa shape index (κ1) is 20.5. The van der Waals surface area contributed by atoms with E-state index in [9.17, 15) is 9.59 Å². The van der Waals surface area contributed by atoms with Gasteiger partial charge in [0.15, 0.2) is 5.82 Å². The van der Waals surface area contributed by atoms with E-state index in [1.807, 2.05) is 43.3 Å². The Balaban J connectivity index is 1.34. The zero-order chi connectivity index (χ0) is 21.6. The summed E-state index contributed by atoms with van der Waals surface area (Å²) in [5.41, 5.74) is 1.54. The third-order valence-corrected chi connectivity index (χ3v) is 5.17. The number of amides is 1. The Morgan fingerprint density at radius 3 is 2.42 bits per heavy atom. The quantitative estimate of drug-likeness (QED) is 0.596. The van der Waals surface area contributed by atoms with E-state index in [-0.39, 0.29) is 18.0 Å². The van der Waals surface area contributed by atoms with E-state index < -0.39 is 0 Å². The monoisotopic (exact) mass is 420 g/mol. The fourth-order valence-electron chi connectivity index (χ4n) is 3.46. The molecule has 0 aliphatic carbocycles. The topological polar surface area (TPSA) is 93.5 Å². The van der Waals surface area contributed by atoms with Crippen LogP contribution in [0.15, 0.2) is 59.8 Å². The lowest BCUT2D eigenvalue weighted by Crippen LogP contribution is -2.50. The molecule has 4 rings (SSSR count). The number of aromatic nitrogens is 4. The maximum atomic E-state index is 12.5. The molecule has 9 nitrogen and oxygen atoms in total. The fraction of sp³-hybridized carbons (Fsp3) is 0.318. The zero-order valence-corrected chi connectivity index (χ0v) is 17.3. The lowest BCUT2D eigenvalue weighted by atomic mass is 10.1. The van der Waals surface area contributed by atoms with Gasteiger partial charge in [-0.2, -0.15) is 0 Å². The van der Waals surface area contributed by atoms with E-state index in [2.05, 4.69) is 20.1 Å². The molecule has 1 aliphatic heterocycles. The molecule has 1 aliphatic rings. The van der Waals surface area contributed by atoms with Crippen molar-refractivity contribution in [3.8, 4) is 17.0 Å². The van der Waals surface area contributed by atoms with Crippen LogP contribution in [0.3, 0.4) is 0 Å². The summed E-state index contributed by atoms with van der Waals surface area (Å²) in [6.45, 7) is 5.04. The van der Waals surface area contributed by atoms with Crippen molar-refractivity contribution >= 4 is 11.7 Å². The molecule has 160 valence electrons. The van der Waals surface area contributed by atoms with Gasteiger partial charge in [-0.25, -0.2) is 4.98 Å². The third-order valence-electron chi connectivity index (χ3n) is 5.17. The maximum absolute atomic E-state index is 12.5. The normalized spacial score (nSPS) is 13.8. The van der Waals surface area contributed by atoms with Gasteiger partial charge in [0.1, 0.15) is 12.3 Å². The number of piperazine rings is 1. The van der Waals surface area contributed by atoms with Gasteiger partial charge in [-0.3, -0.25) is 14.2 Å². The van der Waals surface area contributed by atoms with Crippen molar-refractivity contribution in [2.45, 2.75) is 13.5 Å². The minimum Gasteiger partial charge on any atom is -0.494 e. The summed E-state index contributed by atoms with van der Waals surface area (Å²) in [6, 6.07) is 13.0. The molecule has 1 aromatic carbocycles. The molecule has 1 fully saturated rings. The van der Waals surface area contributed by atoms with Crippen LogP contribution in [0.2, 0.25) is 0 Å². The molecule has 1 saturated heterocycles. The highest BCUT2D eigenvalue weighted by Crippen LogP contribution is 2.22. The summed E-state index contributed by atoms with van der Waals surface area (Å²) in [5, 5.41) is 8.74. The largest absolute Gasteiger partial charge is 0.494 e. The number of hydrogen-bond acceptors (Lipinski definition) is 7. The van der Waals surface area contributed by atoms with Crippen LogP contribution in [0.1, 0.15) is 6.92 Å². The van der Waals surface area contributed by atoms with Crippen LogP contribution >= 0.6 is 0 Å². The predicted octanol–water partition coefficient (Wildman–Crippen LogP) is 1.45. The van der Waals surface area contributed by atoms with Gasteiger partial charge in [0.05, 0.1) is 18.6 Å². The molecular weight excluding hydrogens is 396 g/mol. The number of carbonyl (C=O) groups excluding carboxylic acids is 1. The molecule has 3 heterocycles. The Bertz CT molecular complexity index is 1070. The molecule has 0 atom stereocenters. The molecule has 0 saturated carbocycles. The van der Waals surface area contributed by atoms with Gasteiger partial charge in [-0.05, 0) is 43.3 Å². The number of rotatable bonds is 6. The molecule has 31 heavy (non-hydrogen) atoms. The van der Waals surface area contributed by atoms with E-state index >= 15 is 0 Å². The summed E-state index contributed by atoms with van der Waals surface area (Å²) in [5.74, 6) is 1.52. The third kappa shape index (κ3) is 4.88. The Hall–Kier alpha value is -3.75. The molecule has 0 bridgehead atoms. The van der Waals surface area contributed by atoms with Crippen molar-refractivity contribution < 1.29 is 9.53 Å². The number of nitrogens with zero attached hydrogens (tertiary/aromatic N) is 6. The summed E-state index contributed by atoms with van der Waals surface area (Å²) >= 11 is 0. The molecule has 0 spiro atoms. The smallest absolute Gasteiger partial charge is 0.253 e. The highest BCUT2D eigenvalue weighted by molar-refractivity contribution is 5.76. The molecule has 0 radical (unpaired) electrons. The second kappa shape index (κ2) is 9.38. The average Bonchev–Trinajstić information content (AvgIpc) is 2.81. The molecule has 0 unspecified atom stereocenters. The number of carbonyl (C=O) groups is 1. The Labute approximate surface area is 179 Å². The second-order valence-corrected chi connectivity index (χ2v) is 7.15. The van der Waals surface area contributed by atoms with Gasteiger partial charge in [0.2, 0.25) is 5.91 Å². The predicted molar refractivity (Wildman–Crippen MR) is 116 cm³/mol. The molecule has 9 heteroatoms. The van der Waals surface area contributed by atoms with Gasteiger partial charge < -0.3 is 14.5 Å². The number of benzene rings is 1. The highest BCUT2D eigenvalue weighted by Gasteiger charge is 2.22. The average molecular weight is 420 g/mol. The summed E-state index contributed by atoms with van der Waals surface area (Å²) < 4.78 is 6.79. The SMILES string of the molecule is CCOc1ccc(-c2ccc(N3CCN(C(=O)Cn4cnccc4=O)CC3)nn2)cc1. The molecule has 3 aromatic rings. The van der Waals surface area contributed by atoms with Crippen molar-refractivity contribution in [1.82, 2.24) is 24.6 Å². The van der Waals surface area contributed by atoms with Crippen LogP contribution in [0.5, 0.6) is 5.75 Å². The fourth-order valence-corrected chi connectivity index (χ4v) is 3.46. The highest BCUT2D eigenvalue weighted by atomic mass is 16.5. The van der Waals surface area contributed by atoms with Crippen LogP contribution in [0.25, 0.3) is 11.3 Å². The summed E-state index contributed by atoms with van der Waals surface area (Å²) in [4.78, 5) is 32.1. The van der Waals surface area contributed by atoms with Crippen LogP contribution in [0.4, 0.5) is 5.82 Å². The van der Waals surface area contributed by atoms with Crippen molar-refractivity contribution in [2.75, 3.05) is 37.7 Å². The Morgan fingerprint density at radius 1 is 1.00 bits per heavy atom. The van der Waals surface area contributed by atoms with Crippen LogP contribution in [-0.2, 0) is 11.3 Å². The minimum absolute atomic E-state index is 0.00324. The minimum atomic E-state index is -0.232. The number of hydrogen-bond donors (Lipinski definition) is 0. The van der Waals surface area contributed by atoms with E-state index in [4.69, 9.17) is 4.74 Å². The standard InChI is InChI=1S/C22H24N6O3/c1-2-31-18-5-3-17(4-6-18)19-7-8-20(25-24-19)26-11-13-27(14-12-26)22(30)15-28-16-23-10-9-21(28)29/h3-10,16H,2,11-15H2,1H3. The number of ether oxygens (including phenoxy) is 1. The van der Waals surface area contributed by atoms with Crippen LogP contribution < -0.4 is 15.2 Å². The Kier molecular flexibility index (Phi) is 6.21. The summed E-state index contributed by atoms with van der Waals surface area (Å²) in [7, 11) is 0. The van der Waals surface area contributed by atoms with Gasteiger partial charge in [-0.15, -0.1) is 10.2 Å². The van der Waals surface area contributed by atoms with Crippen molar-refractivity contribution in [1.29, 1.82) is 0 Å². The van der Waals surface area contributed by atoms with Gasteiger partial charge >= 0.3 is 0 Å². The molecular formula is C22H24N6O3. The van der Waals surface area contributed by atoms with Gasteiger partial charge in [-0.1, -0.05) is 0 Å². The maximum Gasteiger partial charge on any atom is 0.253 e. The van der Waals surface area contributed by atoms with Crippen molar-refractivity contribution in [3.05, 3.63) is 65.3 Å². The summed E-state index contributed by atoms with van der Waals surface area (Å²) in [6.07, 6.45) is 2.81. The first-order valence-electron chi connectivity index (χ1n) is 10.2. The van der Waals surface area contributed by atoms with E-state index in [0.29, 0.717) is 32.8 Å². The molecule has 2 aromatic heterocycles. The molecule has 0 N–H and O–H groups in total. The van der Waals surface area contributed by atoms with E-state index in [1.165, 1.54) is 23.2 Å². The van der Waals surface area contributed by atoms with Crippen LogP contribution in [-0.4, -0.2) is 63.3 Å². The van der Waals surface area contributed by atoms with Gasteiger partial charge in [0, 0.05) is 44.0 Å². The van der Waals surface area contributed by atoms with Crippen molar-refractivity contribution in [3.63, 3.8) is 0 Å². The second-order valence-electron chi connectivity index (χ2n) is 7.15. The molecule has 1 amide bonds. The van der Waals surface area contributed by atoms with E-state index in [0.717, 1.165) is 22.8 Å². The van der Waals surface area contributed by atoms with Crippen molar-refractivity contribution in [2.24, 2.45) is 0 Å². The van der Waals surface area contributed by atoms with Gasteiger partial charge in [0.25, 0.3) is 5.56 Å². The van der Waals surface area contributed by atoms with E-state index in [1.54, 1.807) is 4.90 Å². The number of anilines is 1. The Morgan fingerprint density at radius 2 is 1.77 bits per heavy atom. The van der Waals surface area contributed by atoms with Crippen LogP contribution in [0, 0.1) is 0 Å². The first-order chi connectivity index (χ1) is 15.1. The first-order valence-corrected chi connectivity index (χ1v) is 10.2. The lowest BCUT2D eigenvalue weighted by molar-refractivity contribution is -0.132. The lowest BCUT2D eigenvalue weighted by Gasteiger charge is -2.35. The zero-order valence-electron chi connectivity index (χ0n) is 17.3.